The molecular weight excluding hydrogens is 368 g/mol. The van der Waals surface area contributed by atoms with E-state index in [4.69, 9.17) is 10.5 Å². The summed E-state index contributed by atoms with van der Waals surface area (Å²) in [6.45, 7) is 0. The Labute approximate surface area is 120 Å². The Kier molecular flexibility index (Phi) is 4.19. The van der Waals surface area contributed by atoms with Crippen LogP contribution in [0.5, 0.6) is 5.75 Å². The SMILES string of the molecule is COc1cccnc1C(N)c1cc(Br)sc1Br. The molecule has 1 unspecified atom stereocenters. The zero-order chi connectivity index (χ0) is 12.4. The fourth-order valence-electron chi connectivity index (χ4n) is 1.52. The molecule has 0 amide bonds. The summed E-state index contributed by atoms with van der Waals surface area (Å²) in [5, 5.41) is 0. The standard InChI is InChI=1S/C11H10Br2N2OS/c1-16-7-3-2-4-15-10(7)9(14)6-5-8(12)17-11(6)13/h2-5,9H,14H2,1H3. The number of halogens is 2. The van der Waals surface area contributed by atoms with E-state index < -0.39 is 0 Å². The predicted molar refractivity (Wildman–Crippen MR) is 76.5 cm³/mol. The summed E-state index contributed by atoms with van der Waals surface area (Å²) >= 11 is 8.53. The molecule has 0 aliphatic carbocycles. The molecule has 6 heteroatoms. The fraction of sp³-hybridized carbons (Fsp3) is 0.182. The molecule has 0 aromatic carbocycles. The van der Waals surface area contributed by atoms with Gasteiger partial charge in [0.05, 0.1) is 20.7 Å². The number of hydrogen-bond acceptors (Lipinski definition) is 4. The molecule has 17 heavy (non-hydrogen) atoms. The molecular formula is C11H10Br2N2OS. The number of aromatic nitrogens is 1. The van der Waals surface area contributed by atoms with E-state index in [0.29, 0.717) is 5.75 Å². The van der Waals surface area contributed by atoms with Gasteiger partial charge in [0, 0.05) is 11.8 Å². The highest BCUT2D eigenvalue weighted by atomic mass is 79.9. The molecule has 0 radical (unpaired) electrons. The van der Waals surface area contributed by atoms with Crippen molar-refractivity contribution >= 4 is 43.2 Å². The fourth-order valence-corrected chi connectivity index (χ4v) is 4.45. The molecule has 2 N–H and O–H groups in total. The number of ether oxygens (including phenoxy) is 1. The van der Waals surface area contributed by atoms with E-state index in [1.807, 2.05) is 18.2 Å². The minimum absolute atomic E-state index is 0.303. The number of hydrogen-bond donors (Lipinski definition) is 1. The van der Waals surface area contributed by atoms with Gasteiger partial charge in [0.15, 0.2) is 0 Å². The molecule has 0 aliphatic heterocycles. The van der Waals surface area contributed by atoms with Crippen LogP contribution in [-0.2, 0) is 0 Å². The Morgan fingerprint density at radius 3 is 2.82 bits per heavy atom. The maximum Gasteiger partial charge on any atom is 0.142 e. The van der Waals surface area contributed by atoms with Crippen LogP contribution in [0.15, 0.2) is 32.0 Å². The Balaban J connectivity index is 2.43. The van der Waals surface area contributed by atoms with Crippen LogP contribution in [0.2, 0.25) is 0 Å². The van der Waals surface area contributed by atoms with Gasteiger partial charge in [-0.05, 0) is 50.1 Å². The first-order valence-electron chi connectivity index (χ1n) is 4.82. The minimum atomic E-state index is -0.303. The van der Waals surface area contributed by atoms with Crippen molar-refractivity contribution in [2.75, 3.05) is 7.11 Å². The van der Waals surface area contributed by atoms with Crippen LogP contribution >= 0.6 is 43.2 Å². The van der Waals surface area contributed by atoms with Crippen molar-refractivity contribution in [3.8, 4) is 5.75 Å². The first-order valence-corrected chi connectivity index (χ1v) is 7.23. The third kappa shape index (κ3) is 2.70. The Hall–Kier alpha value is -0.430. The van der Waals surface area contributed by atoms with E-state index in [1.165, 1.54) is 0 Å². The molecule has 3 nitrogen and oxygen atoms in total. The van der Waals surface area contributed by atoms with Gasteiger partial charge in [-0.1, -0.05) is 0 Å². The third-order valence-electron chi connectivity index (χ3n) is 2.33. The van der Waals surface area contributed by atoms with Crippen molar-refractivity contribution < 1.29 is 4.74 Å². The summed E-state index contributed by atoms with van der Waals surface area (Å²) in [4.78, 5) is 4.29. The van der Waals surface area contributed by atoms with Crippen LogP contribution in [0.1, 0.15) is 17.3 Å². The highest BCUT2D eigenvalue weighted by Crippen LogP contribution is 2.38. The van der Waals surface area contributed by atoms with E-state index in [9.17, 15) is 0 Å². The van der Waals surface area contributed by atoms with Gasteiger partial charge >= 0.3 is 0 Å². The minimum Gasteiger partial charge on any atom is -0.495 e. The summed E-state index contributed by atoms with van der Waals surface area (Å²) in [6.07, 6.45) is 1.72. The monoisotopic (exact) mass is 376 g/mol. The molecule has 2 heterocycles. The van der Waals surface area contributed by atoms with Gasteiger partial charge in [-0.25, -0.2) is 0 Å². The second-order valence-corrected chi connectivity index (χ2v) is 7.10. The van der Waals surface area contributed by atoms with Crippen LogP contribution < -0.4 is 10.5 Å². The molecule has 0 spiro atoms. The first kappa shape index (κ1) is 13.0. The molecule has 0 bridgehead atoms. The molecule has 1 atom stereocenters. The Morgan fingerprint density at radius 2 is 2.24 bits per heavy atom. The summed E-state index contributed by atoms with van der Waals surface area (Å²) in [6, 6.07) is 5.38. The van der Waals surface area contributed by atoms with Crippen LogP contribution in [0.4, 0.5) is 0 Å². The number of thiophene rings is 1. The van der Waals surface area contributed by atoms with E-state index >= 15 is 0 Å². The number of pyridine rings is 1. The van der Waals surface area contributed by atoms with E-state index in [1.54, 1.807) is 24.6 Å². The average Bonchev–Trinajstić information content (AvgIpc) is 2.67. The van der Waals surface area contributed by atoms with Crippen molar-refractivity contribution in [3.63, 3.8) is 0 Å². The lowest BCUT2D eigenvalue weighted by Crippen LogP contribution is -2.14. The summed E-state index contributed by atoms with van der Waals surface area (Å²) in [7, 11) is 1.62. The summed E-state index contributed by atoms with van der Waals surface area (Å²) in [5.41, 5.74) is 7.96. The van der Waals surface area contributed by atoms with E-state index in [2.05, 4.69) is 36.8 Å². The molecule has 2 rings (SSSR count). The Morgan fingerprint density at radius 1 is 1.47 bits per heavy atom. The van der Waals surface area contributed by atoms with Crippen molar-refractivity contribution in [1.29, 1.82) is 0 Å². The van der Waals surface area contributed by atoms with Crippen molar-refractivity contribution in [1.82, 2.24) is 4.98 Å². The lowest BCUT2D eigenvalue weighted by atomic mass is 10.1. The van der Waals surface area contributed by atoms with Gasteiger partial charge in [-0.3, -0.25) is 4.98 Å². The molecule has 0 aliphatic rings. The van der Waals surface area contributed by atoms with Crippen molar-refractivity contribution in [3.05, 3.63) is 43.2 Å². The highest BCUT2D eigenvalue weighted by Gasteiger charge is 2.19. The summed E-state index contributed by atoms with van der Waals surface area (Å²) < 4.78 is 7.30. The van der Waals surface area contributed by atoms with E-state index in [0.717, 1.165) is 18.8 Å². The molecule has 0 fully saturated rings. The van der Waals surface area contributed by atoms with Crippen LogP contribution in [0.25, 0.3) is 0 Å². The second kappa shape index (κ2) is 5.48. The summed E-state index contributed by atoms with van der Waals surface area (Å²) in [5.74, 6) is 0.703. The molecule has 0 saturated carbocycles. The zero-order valence-corrected chi connectivity index (χ0v) is 13.0. The lowest BCUT2D eigenvalue weighted by molar-refractivity contribution is 0.404. The lowest BCUT2D eigenvalue weighted by Gasteiger charge is -2.13. The molecule has 90 valence electrons. The number of nitrogens with zero attached hydrogens (tertiary/aromatic N) is 1. The van der Waals surface area contributed by atoms with Gasteiger partial charge in [0.25, 0.3) is 0 Å². The van der Waals surface area contributed by atoms with E-state index in [-0.39, 0.29) is 6.04 Å². The maximum absolute atomic E-state index is 6.22. The number of rotatable bonds is 3. The van der Waals surface area contributed by atoms with Crippen LogP contribution in [0.3, 0.4) is 0 Å². The Bertz CT molecular complexity index is 530. The second-order valence-electron chi connectivity index (χ2n) is 3.35. The number of methoxy groups -OCH3 is 1. The zero-order valence-electron chi connectivity index (χ0n) is 8.98. The average molecular weight is 378 g/mol. The van der Waals surface area contributed by atoms with Crippen molar-refractivity contribution in [2.45, 2.75) is 6.04 Å². The van der Waals surface area contributed by atoms with Gasteiger partial charge < -0.3 is 10.5 Å². The third-order valence-corrected chi connectivity index (χ3v) is 4.72. The predicted octanol–water partition coefficient (Wildman–Crippen LogP) is 3.72. The van der Waals surface area contributed by atoms with Crippen molar-refractivity contribution in [2.24, 2.45) is 5.73 Å². The topological polar surface area (TPSA) is 48.1 Å². The highest BCUT2D eigenvalue weighted by molar-refractivity contribution is 9.12. The molecule has 2 aromatic heterocycles. The first-order chi connectivity index (χ1) is 8.13. The largest absolute Gasteiger partial charge is 0.495 e. The quantitative estimate of drug-likeness (QED) is 0.886. The maximum atomic E-state index is 6.22. The smallest absolute Gasteiger partial charge is 0.142 e. The molecule has 2 aromatic rings. The van der Waals surface area contributed by atoms with Crippen LogP contribution in [0, 0.1) is 0 Å². The number of nitrogens with two attached hydrogens (primary N) is 1. The van der Waals surface area contributed by atoms with Gasteiger partial charge in [-0.2, -0.15) is 0 Å². The molecule has 0 saturated heterocycles. The normalized spacial score (nSPS) is 12.5. The van der Waals surface area contributed by atoms with Gasteiger partial charge in [0.1, 0.15) is 11.4 Å². The van der Waals surface area contributed by atoms with Gasteiger partial charge in [-0.15, -0.1) is 11.3 Å². The van der Waals surface area contributed by atoms with Crippen LogP contribution in [-0.4, -0.2) is 12.1 Å². The van der Waals surface area contributed by atoms with Gasteiger partial charge in [0.2, 0.25) is 0 Å².